The summed E-state index contributed by atoms with van der Waals surface area (Å²) in [5.41, 5.74) is 1.70. The summed E-state index contributed by atoms with van der Waals surface area (Å²) in [6.45, 7) is 5.01. The number of carbonyl (C=O) groups is 1. The van der Waals surface area contributed by atoms with Crippen LogP contribution in [0.4, 0.5) is 0 Å². The fraction of sp³-hybridized carbons (Fsp3) is 0.238. The van der Waals surface area contributed by atoms with E-state index in [0.717, 1.165) is 43.4 Å². The Morgan fingerprint density at radius 3 is 2.50 bits per heavy atom. The van der Waals surface area contributed by atoms with Gasteiger partial charge in [0, 0.05) is 28.7 Å². The molecular formula is C21H20N2O4S. The molecule has 7 heteroatoms. The van der Waals surface area contributed by atoms with E-state index >= 15 is 0 Å². The largest absolute Gasteiger partial charge is 0.493 e. The standard InChI is InChI=1S/C21H20N2O4S/c1-3-26-17-10-18(27-4-2)20(15-8-6-5-7-14(15)17)16-12-23-11-13(9-19(24)25)28-21(23)22-16/h5-8,10-12H,3-4,9H2,1-2H3,(H,24,25). The number of nitrogens with zero attached hydrogens (tertiary/aromatic N) is 2. The van der Waals surface area contributed by atoms with E-state index in [1.54, 1.807) is 0 Å². The molecule has 4 rings (SSSR count). The first-order valence-corrected chi connectivity index (χ1v) is 9.93. The predicted octanol–water partition coefficient (Wildman–Crippen LogP) is 4.64. The van der Waals surface area contributed by atoms with Crippen LogP contribution in [0.1, 0.15) is 18.7 Å². The van der Waals surface area contributed by atoms with E-state index in [2.05, 4.69) is 0 Å². The van der Waals surface area contributed by atoms with E-state index in [1.165, 1.54) is 11.3 Å². The van der Waals surface area contributed by atoms with Gasteiger partial charge in [-0.2, -0.15) is 0 Å². The van der Waals surface area contributed by atoms with Gasteiger partial charge in [0.05, 0.1) is 30.9 Å². The molecule has 0 atom stereocenters. The molecule has 0 unspecified atom stereocenters. The van der Waals surface area contributed by atoms with Crippen molar-refractivity contribution in [2.45, 2.75) is 20.3 Å². The minimum Gasteiger partial charge on any atom is -0.493 e. The van der Waals surface area contributed by atoms with E-state index in [4.69, 9.17) is 19.6 Å². The molecule has 0 bridgehead atoms. The topological polar surface area (TPSA) is 73.1 Å². The van der Waals surface area contributed by atoms with Gasteiger partial charge in [-0.1, -0.05) is 24.3 Å². The van der Waals surface area contributed by atoms with Crippen LogP contribution in [0.2, 0.25) is 0 Å². The Hall–Kier alpha value is -3.06. The first kappa shape index (κ1) is 18.3. The van der Waals surface area contributed by atoms with Crippen LogP contribution in [0.3, 0.4) is 0 Å². The summed E-state index contributed by atoms with van der Waals surface area (Å²) in [4.78, 5) is 17.2. The van der Waals surface area contributed by atoms with Crippen LogP contribution < -0.4 is 9.47 Å². The van der Waals surface area contributed by atoms with Gasteiger partial charge >= 0.3 is 5.97 Å². The van der Waals surface area contributed by atoms with Gasteiger partial charge in [-0.05, 0) is 19.2 Å². The molecule has 1 N–H and O–H groups in total. The van der Waals surface area contributed by atoms with Crippen LogP contribution in [0.15, 0.2) is 42.7 Å². The van der Waals surface area contributed by atoms with Gasteiger partial charge in [-0.15, -0.1) is 11.3 Å². The third-order valence-corrected chi connectivity index (χ3v) is 5.35. The van der Waals surface area contributed by atoms with Gasteiger partial charge in [0.25, 0.3) is 0 Å². The summed E-state index contributed by atoms with van der Waals surface area (Å²) in [5.74, 6) is 0.664. The van der Waals surface area contributed by atoms with E-state index in [1.807, 2.05) is 61.0 Å². The molecule has 0 aliphatic heterocycles. The van der Waals surface area contributed by atoms with Crippen LogP contribution in [0.25, 0.3) is 27.0 Å². The molecule has 0 saturated carbocycles. The minimum absolute atomic E-state index is 0.000456. The van der Waals surface area contributed by atoms with E-state index < -0.39 is 5.97 Å². The summed E-state index contributed by atoms with van der Waals surface area (Å²) in [7, 11) is 0. The van der Waals surface area contributed by atoms with Crippen LogP contribution in [-0.2, 0) is 11.2 Å². The Bertz CT molecular complexity index is 1130. The summed E-state index contributed by atoms with van der Waals surface area (Å²) in [6.07, 6.45) is 3.74. The predicted molar refractivity (Wildman–Crippen MR) is 110 cm³/mol. The SMILES string of the molecule is CCOc1cc(OCC)c2ccccc2c1-c1cn2cc(CC(=O)O)sc2n1. The van der Waals surface area contributed by atoms with Gasteiger partial charge < -0.3 is 14.6 Å². The second-order valence-corrected chi connectivity index (χ2v) is 7.34. The number of hydrogen-bond acceptors (Lipinski definition) is 5. The van der Waals surface area contributed by atoms with E-state index in [0.29, 0.717) is 13.2 Å². The van der Waals surface area contributed by atoms with Gasteiger partial charge in [0.2, 0.25) is 0 Å². The fourth-order valence-electron chi connectivity index (χ4n) is 3.32. The highest BCUT2D eigenvalue weighted by molar-refractivity contribution is 7.17. The van der Waals surface area contributed by atoms with Crippen LogP contribution in [0, 0.1) is 0 Å². The van der Waals surface area contributed by atoms with E-state index in [9.17, 15) is 4.79 Å². The van der Waals surface area contributed by atoms with Gasteiger partial charge in [-0.25, -0.2) is 4.98 Å². The zero-order valence-corrected chi connectivity index (χ0v) is 16.5. The highest BCUT2D eigenvalue weighted by Gasteiger charge is 2.19. The molecule has 0 saturated heterocycles. The van der Waals surface area contributed by atoms with Crippen molar-refractivity contribution in [3.63, 3.8) is 0 Å². The number of imidazole rings is 1. The van der Waals surface area contributed by atoms with Crippen LogP contribution in [-0.4, -0.2) is 33.7 Å². The highest BCUT2D eigenvalue weighted by atomic mass is 32.1. The second kappa shape index (κ2) is 7.52. The van der Waals surface area contributed by atoms with Crippen molar-refractivity contribution in [1.29, 1.82) is 0 Å². The van der Waals surface area contributed by atoms with Crippen molar-refractivity contribution in [2.75, 3.05) is 13.2 Å². The monoisotopic (exact) mass is 396 g/mol. The zero-order chi connectivity index (χ0) is 19.7. The minimum atomic E-state index is -0.846. The Kier molecular flexibility index (Phi) is 4.92. The molecule has 4 aromatic rings. The number of benzene rings is 2. The maximum Gasteiger partial charge on any atom is 0.308 e. The first-order chi connectivity index (χ1) is 13.6. The Balaban J connectivity index is 1.90. The Labute approximate surface area is 166 Å². The summed E-state index contributed by atoms with van der Waals surface area (Å²) < 4.78 is 13.6. The Morgan fingerprint density at radius 1 is 1.11 bits per heavy atom. The molecular weight excluding hydrogens is 376 g/mol. The summed E-state index contributed by atoms with van der Waals surface area (Å²) >= 11 is 1.38. The van der Waals surface area contributed by atoms with Gasteiger partial charge in [0.15, 0.2) is 4.96 Å². The van der Waals surface area contributed by atoms with Crippen molar-refractivity contribution in [1.82, 2.24) is 9.38 Å². The van der Waals surface area contributed by atoms with Gasteiger partial charge in [0.1, 0.15) is 11.5 Å². The molecule has 0 amide bonds. The smallest absolute Gasteiger partial charge is 0.308 e. The van der Waals surface area contributed by atoms with Gasteiger partial charge in [-0.3, -0.25) is 9.20 Å². The summed E-state index contributed by atoms with van der Waals surface area (Å²) in [6, 6.07) is 9.97. The quantitative estimate of drug-likeness (QED) is 0.493. The van der Waals surface area contributed by atoms with Crippen molar-refractivity contribution in [2.24, 2.45) is 0 Å². The molecule has 2 aromatic heterocycles. The number of aliphatic carboxylic acids is 1. The first-order valence-electron chi connectivity index (χ1n) is 9.11. The second-order valence-electron chi connectivity index (χ2n) is 6.24. The highest BCUT2D eigenvalue weighted by Crippen LogP contribution is 2.42. The van der Waals surface area contributed by atoms with Crippen molar-refractivity contribution in [3.8, 4) is 22.8 Å². The number of aromatic nitrogens is 2. The van der Waals surface area contributed by atoms with Crippen molar-refractivity contribution >= 4 is 33.0 Å². The molecule has 144 valence electrons. The number of fused-ring (bicyclic) bond motifs is 2. The third kappa shape index (κ3) is 3.29. The van der Waals surface area contributed by atoms with Crippen molar-refractivity contribution < 1.29 is 19.4 Å². The fourth-order valence-corrected chi connectivity index (χ4v) is 4.27. The molecule has 0 aliphatic rings. The Morgan fingerprint density at radius 2 is 1.82 bits per heavy atom. The molecule has 0 radical (unpaired) electrons. The molecule has 6 nitrogen and oxygen atoms in total. The molecule has 0 fully saturated rings. The normalized spacial score (nSPS) is 11.2. The molecule has 0 spiro atoms. The number of ether oxygens (including phenoxy) is 2. The molecule has 28 heavy (non-hydrogen) atoms. The number of hydrogen-bond donors (Lipinski definition) is 1. The average Bonchev–Trinajstić information content (AvgIpc) is 3.20. The van der Waals surface area contributed by atoms with Crippen LogP contribution in [0.5, 0.6) is 11.5 Å². The lowest BCUT2D eigenvalue weighted by Crippen LogP contribution is -1.99. The zero-order valence-electron chi connectivity index (χ0n) is 15.6. The third-order valence-electron chi connectivity index (χ3n) is 4.36. The maximum absolute atomic E-state index is 11.0. The molecule has 2 aromatic carbocycles. The average molecular weight is 396 g/mol. The summed E-state index contributed by atoms with van der Waals surface area (Å²) in [5, 5.41) is 11.0. The van der Waals surface area contributed by atoms with Crippen molar-refractivity contribution in [3.05, 3.63) is 47.6 Å². The lowest BCUT2D eigenvalue weighted by atomic mass is 10.0. The number of thiazole rings is 1. The number of carboxylic acid groups (broad SMARTS) is 1. The van der Waals surface area contributed by atoms with Crippen LogP contribution >= 0.6 is 11.3 Å². The number of rotatable bonds is 7. The molecule has 0 aliphatic carbocycles. The lowest BCUT2D eigenvalue weighted by Gasteiger charge is -2.15. The molecule has 2 heterocycles. The van der Waals surface area contributed by atoms with E-state index in [-0.39, 0.29) is 6.42 Å². The number of carboxylic acids is 1. The maximum atomic E-state index is 11.0. The lowest BCUT2D eigenvalue weighted by molar-refractivity contribution is -0.136.